The smallest absolute Gasteiger partial charge is 0.224 e. The normalized spacial score (nSPS) is 13.8. The number of halogens is 1. The zero-order chi connectivity index (χ0) is 17.3. The Hall–Kier alpha value is -2.67. The van der Waals surface area contributed by atoms with Gasteiger partial charge in [-0.1, -0.05) is 0 Å². The van der Waals surface area contributed by atoms with Gasteiger partial charge < -0.3 is 15.4 Å². The molecular formula is C17H19FN4O2. The summed E-state index contributed by atoms with van der Waals surface area (Å²) in [5, 5.41) is 17.9. The predicted octanol–water partition coefficient (Wildman–Crippen LogP) is 1.61. The zero-order valence-corrected chi connectivity index (χ0v) is 13.5. The Labute approximate surface area is 138 Å². The summed E-state index contributed by atoms with van der Waals surface area (Å²) in [6, 6.07) is 4.41. The number of nitrogens with one attached hydrogen (secondary N) is 2. The number of fused-ring (bicyclic) bond motifs is 1. The molecule has 0 aliphatic heterocycles. The first-order valence-electron chi connectivity index (χ1n) is 7.59. The van der Waals surface area contributed by atoms with Crippen LogP contribution in [0.3, 0.4) is 0 Å². The lowest BCUT2D eigenvalue weighted by atomic mass is 9.99. The fraction of sp³-hybridized carbons (Fsp3) is 0.294. The van der Waals surface area contributed by atoms with Crippen LogP contribution in [0.15, 0.2) is 36.8 Å². The highest BCUT2D eigenvalue weighted by atomic mass is 19.1. The largest absolute Gasteiger partial charge is 0.383 e. The standard InChI is InChI=1S/C17H19FN4O2/c1-17(24,12-8-21-22(2)9-12)10-20-16(23)5-11-7-19-15-4-3-13(18)6-14(11)15/h3-4,6-9,19,24H,5,10H2,1-2H3,(H,20,23). The molecule has 0 spiro atoms. The van der Waals surface area contributed by atoms with Crippen LogP contribution in [-0.2, 0) is 23.9 Å². The van der Waals surface area contributed by atoms with Gasteiger partial charge >= 0.3 is 0 Å². The van der Waals surface area contributed by atoms with E-state index in [0.29, 0.717) is 16.5 Å². The Morgan fingerprint density at radius 1 is 1.50 bits per heavy atom. The number of aliphatic hydroxyl groups is 1. The third-order valence-electron chi connectivity index (χ3n) is 4.04. The van der Waals surface area contributed by atoms with Crippen molar-refractivity contribution in [3.05, 3.63) is 53.7 Å². The van der Waals surface area contributed by atoms with Crippen LogP contribution in [0, 0.1) is 5.82 Å². The average molecular weight is 330 g/mol. The second kappa shape index (κ2) is 6.09. The fourth-order valence-corrected chi connectivity index (χ4v) is 2.60. The van der Waals surface area contributed by atoms with Gasteiger partial charge in [-0.05, 0) is 30.7 Å². The van der Waals surface area contributed by atoms with Crippen LogP contribution in [0.1, 0.15) is 18.1 Å². The maximum absolute atomic E-state index is 13.4. The number of hydrogen-bond donors (Lipinski definition) is 3. The van der Waals surface area contributed by atoms with Crippen molar-refractivity contribution in [2.75, 3.05) is 6.54 Å². The molecule has 0 radical (unpaired) electrons. The van der Waals surface area contributed by atoms with Crippen LogP contribution in [-0.4, -0.2) is 32.3 Å². The van der Waals surface area contributed by atoms with Crippen molar-refractivity contribution in [2.45, 2.75) is 18.9 Å². The summed E-state index contributed by atoms with van der Waals surface area (Å²) in [6.45, 7) is 1.68. The molecule has 7 heteroatoms. The van der Waals surface area contributed by atoms with Crippen LogP contribution in [0.2, 0.25) is 0 Å². The van der Waals surface area contributed by atoms with Crippen LogP contribution < -0.4 is 5.32 Å². The Morgan fingerprint density at radius 3 is 3.00 bits per heavy atom. The summed E-state index contributed by atoms with van der Waals surface area (Å²) in [6.07, 6.45) is 5.07. The van der Waals surface area contributed by atoms with E-state index in [4.69, 9.17) is 0 Å². The number of nitrogens with zero attached hydrogens (tertiary/aromatic N) is 2. The lowest BCUT2D eigenvalue weighted by Crippen LogP contribution is -2.39. The first kappa shape index (κ1) is 16.2. The molecule has 0 fully saturated rings. The van der Waals surface area contributed by atoms with Gasteiger partial charge in [0.05, 0.1) is 19.2 Å². The lowest BCUT2D eigenvalue weighted by molar-refractivity contribution is -0.121. The van der Waals surface area contributed by atoms with E-state index in [-0.39, 0.29) is 24.7 Å². The van der Waals surface area contributed by atoms with Crippen molar-refractivity contribution in [2.24, 2.45) is 7.05 Å². The highest BCUT2D eigenvalue weighted by molar-refractivity contribution is 5.88. The number of H-pyrrole nitrogens is 1. The highest BCUT2D eigenvalue weighted by Gasteiger charge is 2.25. The van der Waals surface area contributed by atoms with Crippen LogP contribution in [0.5, 0.6) is 0 Å². The molecule has 3 rings (SSSR count). The van der Waals surface area contributed by atoms with Gasteiger partial charge in [0, 0.05) is 35.9 Å². The Kier molecular flexibility index (Phi) is 4.11. The molecule has 1 unspecified atom stereocenters. The van der Waals surface area contributed by atoms with E-state index in [1.165, 1.54) is 12.1 Å². The highest BCUT2D eigenvalue weighted by Crippen LogP contribution is 2.21. The van der Waals surface area contributed by atoms with Crippen LogP contribution in [0.4, 0.5) is 4.39 Å². The van der Waals surface area contributed by atoms with E-state index in [1.54, 1.807) is 43.3 Å². The quantitative estimate of drug-likeness (QED) is 0.664. The topological polar surface area (TPSA) is 82.9 Å². The minimum Gasteiger partial charge on any atom is -0.383 e. The molecule has 1 aromatic carbocycles. The first-order chi connectivity index (χ1) is 11.3. The molecule has 24 heavy (non-hydrogen) atoms. The van der Waals surface area contributed by atoms with E-state index < -0.39 is 5.60 Å². The number of amides is 1. The van der Waals surface area contributed by atoms with Crippen molar-refractivity contribution in [3.63, 3.8) is 0 Å². The second-order valence-corrected chi connectivity index (χ2v) is 6.13. The molecule has 2 heterocycles. The Balaban J connectivity index is 1.66. The van der Waals surface area contributed by atoms with Crippen LogP contribution >= 0.6 is 0 Å². The van der Waals surface area contributed by atoms with Crippen molar-refractivity contribution in [1.29, 1.82) is 0 Å². The number of carbonyl (C=O) groups is 1. The molecule has 1 atom stereocenters. The van der Waals surface area contributed by atoms with E-state index in [2.05, 4.69) is 15.4 Å². The van der Waals surface area contributed by atoms with Gasteiger partial charge in [0.25, 0.3) is 0 Å². The Morgan fingerprint density at radius 2 is 2.29 bits per heavy atom. The number of benzene rings is 1. The van der Waals surface area contributed by atoms with Gasteiger partial charge in [0.2, 0.25) is 5.91 Å². The number of aromatic amines is 1. The van der Waals surface area contributed by atoms with Gasteiger partial charge in [-0.3, -0.25) is 9.48 Å². The summed E-state index contributed by atoms with van der Waals surface area (Å²) in [7, 11) is 1.76. The van der Waals surface area contributed by atoms with Gasteiger partial charge in [-0.2, -0.15) is 5.10 Å². The summed E-state index contributed by atoms with van der Waals surface area (Å²) in [5.41, 5.74) is 0.903. The third-order valence-corrected chi connectivity index (χ3v) is 4.04. The Bertz CT molecular complexity index is 882. The molecule has 2 aromatic heterocycles. The monoisotopic (exact) mass is 330 g/mol. The zero-order valence-electron chi connectivity index (χ0n) is 13.5. The van der Waals surface area contributed by atoms with Crippen molar-refractivity contribution < 1.29 is 14.3 Å². The van der Waals surface area contributed by atoms with Crippen LogP contribution in [0.25, 0.3) is 10.9 Å². The summed E-state index contributed by atoms with van der Waals surface area (Å²) in [4.78, 5) is 15.2. The molecule has 0 bridgehead atoms. The molecular weight excluding hydrogens is 311 g/mol. The summed E-state index contributed by atoms with van der Waals surface area (Å²) in [5.74, 6) is -0.590. The number of carbonyl (C=O) groups excluding carboxylic acids is 1. The summed E-state index contributed by atoms with van der Waals surface area (Å²) < 4.78 is 15.0. The average Bonchev–Trinajstić information content (AvgIpc) is 3.13. The second-order valence-electron chi connectivity index (χ2n) is 6.13. The molecule has 0 aliphatic rings. The SMILES string of the molecule is Cn1cc(C(C)(O)CNC(=O)Cc2c[nH]c3ccc(F)cc23)cn1. The fourth-order valence-electron chi connectivity index (χ4n) is 2.60. The minimum atomic E-state index is -1.21. The van der Waals surface area contributed by atoms with E-state index in [1.807, 2.05) is 0 Å². The third kappa shape index (κ3) is 3.30. The van der Waals surface area contributed by atoms with E-state index in [9.17, 15) is 14.3 Å². The molecule has 0 saturated carbocycles. The molecule has 3 aromatic rings. The van der Waals surface area contributed by atoms with Crippen molar-refractivity contribution in [1.82, 2.24) is 20.1 Å². The molecule has 126 valence electrons. The maximum Gasteiger partial charge on any atom is 0.224 e. The van der Waals surface area contributed by atoms with Gasteiger partial charge in [-0.15, -0.1) is 0 Å². The van der Waals surface area contributed by atoms with Gasteiger partial charge in [-0.25, -0.2) is 4.39 Å². The number of aromatic nitrogens is 3. The number of rotatable bonds is 5. The lowest BCUT2D eigenvalue weighted by Gasteiger charge is -2.22. The molecule has 0 saturated heterocycles. The maximum atomic E-state index is 13.4. The van der Waals surface area contributed by atoms with Crippen molar-refractivity contribution >= 4 is 16.8 Å². The minimum absolute atomic E-state index is 0.0637. The predicted molar refractivity (Wildman–Crippen MR) is 87.7 cm³/mol. The van der Waals surface area contributed by atoms with Crippen molar-refractivity contribution in [3.8, 4) is 0 Å². The number of aryl methyl sites for hydroxylation is 1. The molecule has 1 amide bonds. The number of hydrogen-bond acceptors (Lipinski definition) is 3. The van der Waals surface area contributed by atoms with E-state index in [0.717, 1.165) is 5.52 Å². The van der Waals surface area contributed by atoms with E-state index >= 15 is 0 Å². The molecule has 0 aliphatic carbocycles. The molecule has 3 N–H and O–H groups in total. The molecule has 6 nitrogen and oxygen atoms in total. The first-order valence-corrected chi connectivity index (χ1v) is 7.59. The van der Waals surface area contributed by atoms with Gasteiger partial charge in [0.1, 0.15) is 11.4 Å². The van der Waals surface area contributed by atoms with Gasteiger partial charge in [0.15, 0.2) is 0 Å². The summed E-state index contributed by atoms with van der Waals surface area (Å²) >= 11 is 0.